The van der Waals surface area contributed by atoms with Crippen molar-refractivity contribution in [2.45, 2.75) is 12.0 Å². The van der Waals surface area contributed by atoms with Crippen LogP contribution in [0.15, 0.2) is 30.5 Å². The third-order valence-electron chi connectivity index (χ3n) is 3.60. The number of carbonyl (C=O) groups is 2. The summed E-state index contributed by atoms with van der Waals surface area (Å²) in [5.74, 6) is -1.47. The molecule has 3 rings (SSSR count). The number of H-pyrrole nitrogens is 1. The van der Waals surface area contributed by atoms with E-state index in [0.717, 1.165) is 10.9 Å². The fourth-order valence-electron chi connectivity index (χ4n) is 2.36. The summed E-state index contributed by atoms with van der Waals surface area (Å²) in [4.78, 5) is 26.6. The number of aliphatic carboxylic acids is 1. The number of rotatable bonds is 3. The number of hydrogen-bond donors (Lipinski definition) is 3. The first-order valence-electron chi connectivity index (χ1n) is 6.32. The van der Waals surface area contributed by atoms with Crippen molar-refractivity contribution in [1.82, 2.24) is 10.3 Å². The van der Waals surface area contributed by atoms with Gasteiger partial charge in [-0.15, -0.1) is 0 Å². The van der Waals surface area contributed by atoms with E-state index in [2.05, 4.69) is 10.3 Å². The van der Waals surface area contributed by atoms with E-state index in [-0.39, 0.29) is 13.0 Å². The predicted octanol–water partition coefficient (Wildman–Crippen LogP) is 1.14. The molecular weight excluding hydrogens is 260 g/mol. The lowest BCUT2D eigenvalue weighted by Gasteiger charge is -2.23. The molecule has 1 fully saturated rings. The Morgan fingerprint density at radius 3 is 2.90 bits per heavy atom. The van der Waals surface area contributed by atoms with E-state index in [1.165, 1.54) is 0 Å². The zero-order valence-electron chi connectivity index (χ0n) is 10.7. The van der Waals surface area contributed by atoms with Crippen molar-refractivity contribution in [3.63, 3.8) is 0 Å². The van der Waals surface area contributed by atoms with E-state index < -0.39 is 17.4 Å². The lowest BCUT2D eigenvalue weighted by Crippen LogP contribution is -2.55. The average molecular weight is 274 g/mol. The van der Waals surface area contributed by atoms with Crippen LogP contribution in [0.5, 0.6) is 0 Å². The number of amides is 1. The van der Waals surface area contributed by atoms with Gasteiger partial charge in [-0.1, -0.05) is 6.07 Å². The number of carboxylic acids is 1. The Labute approximate surface area is 114 Å². The lowest BCUT2D eigenvalue weighted by molar-refractivity contribution is -0.144. The maximum atomic E-state index is 12.2. The molecule has 104 valence electrons. The van der Waals surface area contributed by atoms with Crippen LogP contribution in [-0.4, -0.2) is 40.7 Å². The van der Waals surface area contributed by atoms with Gasteiger partial charge in [0.05, 0.1) is 6.61 Å². The molecule has 0 bridgehead atoms. The normalized spacial score (nSPS) is 22.0. The molecular formula is C14H14N2O4. The summed E-state index contributed by atoms with van der Waals surface area (Å²) < 4.78 is 5.11. The Kier molecular flexibility index (Phi) is 2.94. The Morgan fingerprint density at radius 2 is 2.20 bits per heavy atom. The molecule has 2 heterocycles. The molecule has 1 amide bonds. The standard InChI is InChI=1S/C14H14N2O4/c17-12(16-14(13(18)19)4-6-20-8-14)10-2-1-9-3-5-15-11(9)7-10/h1-3,5,7,15H,4,6,8H2,(H,16,17)(H,18,19). The number of benzene rings is 1. The Balaban J connectivity index is 1.86. The second-order valence-corrected chi connectivity index (χ2v) is 4.92. The van der Waals surface area contributed by atoms with Gasteiger partial charge in [0.25, 0.3) is 5.91 Å². The van der Waals surface area contributed by atoms with E-state index in [0.29, 0.717) is 12.2 Å². The van der Waals surface area contributed by atoms with Crippen molar-refractivity contribution in [3.8, 4) is 0 Å². The number of hydrogen-bond acceptors (Lipinski definition) is 3. The van der Waals surface area contributed by atoms with Crippen molar-refractivity contribution < 1.29 is 19.4 Å². The lowest BCUT2D eigenvalue weighted by atomic mass is 9.98. The van der Waals surface area contributed by atoms with Crippen LogP contribution < -0.4 is 5.32 Å². The molecule has 1 aromatic carbocycles. The van der Waals surface area contributed by atoms with Gasteiger partial charge in [0, 0.05) is 30.3 Å². The van der Waals surface area contributed by atoms with Gasteiger partial charge in [-0.25, -0.2) is 4.79 Å². The second kappa shape index (κ2) is 4.64. The smallest absolute Gasteiger partial charge is 0.331 e. The SMILES string of the molecule is O=C(NC1(C(=O)O)CCOC1)c1ccc2cc[nH]c2c1. The third kappa shape index (κ3) is 2.04. The zero-order chi connectivity index (χ0) is 14.2. The Morgan fingerprint density at radius 1 is 1.35 bits per heavy atom. The summed E-state index contributed by atoms with van der Waals surface area (Å²) in [6, 6.07) is 7.10. The molecule has 1 aliphatic heterocycles. The van der Waals surface area contributed by atoms with Crippen LogP contribution >= 0.6 is 0 Å². The van der Waals surface area contributed by atoms with Crippen LogP contribution in [0.1, 0.15) is 16.8 Å². The monoisotopic (exact) mass is 274 g/mol. The molecule has 20 heavy (non-hydrogen) atoms. The van der Waals surface area contributed by atoms with Crippen LogP contribution in [0.3, 0.4) is 0 Å². The number of carboxylic acid groups (broad SMARTS) is 1. The summed E-state index contributed by atoms with van der Waals surface area (Å²) in [6.45, 7) is 0.334. The van der Waals surface area contributed by atoms with Crippen molar-refractivity contribution >= 4 is 22.8 Å². The third-order valence-corrected chi connectivity index (χ3v) is 3.60. The summed E-state index contributed by atoms with van der Waals surface area (Å²) in [5, 5.41) is 12.9. The predicted molar refractivity (Wildman–Crippen MR) is 71.6 cm³/mol. The van der Waals surface area contributed by atoms with E-state index in [1.54, 1.807) is 18.3 Å². The number of fused-ring (bicyclic) bond motifs is 1. The topological polar surface area (TPSA) is 91.4 Å². The zero-order valence-corrected chi connectivity index (χ0v) is 10.7. The maximum Gasteiger partial charge on any atom is 0.331 e. The summed E-state index contributed by atoms with van der Waals surface area (Å²) >= 11 is 0. The van der Waals surface area contributed by atoms with Gasteiger partial charge in [0.2, 0.25) is 0 Å². The van der Waals surface area contributed by atoms with Gasteiger partial charge >= 0.3 is 5.97 Å². The summed E-state index contributed by atoms with van der Waals surface area (Å²) in [6.07, 6.45) is 2.06. The van der Waals surface area contributed by atoms with Crippen molar-refractivity contribution in [2.24, 2.45) is 0 Å². The molecule has 0 radical (unpaired) electrons. The van der Waals surface area contributed by atoms with E-state index in [9.17, 15) is 14.7 Å². The van der Waals surface area contributed by atoms with Crippen molar-refractivity contribution in [3.05, 3.63) is 36.0 Å². The number of nitrogens with one attached hydrogen (secondary N) is 2. The quantitative estimate of drug-likeness (QED) is 0.782. The summed E-state index contributed by atoms with van der Waals surface area (Å²) in [7, 11) is 0. The number of aromatic nitrogens is 1. The molecule has 6 nitrogen and oxygen atoms in total. The molecule has 1 aliphatic rings. The van der Waals surface area contributed by atoms with E-state index >= 15 is 0 Å². The minimum atomic E-state index is -1.32. The minimum absolute atomic E-state index is 0.00117. The fourth-order valence-corrected chi connectivity index (χ4v) is 2.36. The fraction of sp³-hybridized carbons (Fsp3) is 0.286. The van der Waals surface area contributed by atoms with Gasteiger partial charge < -0.3 is 20.1 Å². The number of carbonyl (C=O) groups excluding carboxylic acids is 1. The first-order valence-corrected chi connectivity index (χ1v) is 6.32. The van der Waals surface area contributed by atoms with E-state index in [4.69, 9.17) is 4.74 Å². The molecule has 1 saturated heterocycles. The largest absolute Gasteiger partial charge is 0.479 e. The van der Waals surface area contributed by atoms with Crippen LogP contribution in [-0.2, 0) is 9.53 Å². The van der Waals surface area contributed by atoms with Gasteiger partial charge in [-0.2, -0.15) is 0 Å². The number of ether oxygens (including phenoxy) is 1. The van der Waals surface area contributed by atoms with Crippen LogP contribution in [0.4, 0.5) is 0 Å². The first kappa shape index (κ1) is 12.7. The number of aromatic amines is 1. The van der Waals surface area contributed by atoms with Crippen molar-refractivity contribution in [1.29, 1.82) is 0 Å². The van der Waals surface area contributed by atoms with Crippen molar-refractivity contribution in [2.75, 3.05) is 13.2 Å². The summed E-state index contributed by atoms with van der Waals surface area (Å²) in [5.41, 5.74) is -0.0564. The molecule has 1 atom stereocenters. The molecule has 1 aromatic heterocycles. The Bertz CT molecular complexity index is 671. The molecule has 3 N–H and O–H groups in total. The Hall–Kier alpha value is -2.34. The highest BCUT2D eigenvalue weighted by atomic mass is 16.5. The highest BCUT2D eigenvalue weighted by Gasteiger charge is 2.44. The molecule has 6 heteroatoms. The van der Waals surface area contributed by atoms with Gasteiger partial charge in [0.15, 0.2) is 5.54 Å². The maximum absolute atomic E-state index is 12.2. The molecule has 0 saturated carbocycles. The van der Waals surface area contributed by atoms with Crippen LogP contribution in [0.2, 0.25) is 0 Å². The van der Waals surface area contributed by atoms with Gasteiger partial charge in [-0.05, 0) is 23.6 Å². The molecule has 1 unspecified atom stereocenters. The highest BCUT2D eigenvalue weighted by Crippen LogP contribution is 2.21. The molecule has 2 aromatic rings. The average Bonchev–Trinajstić information content (AvgIpc) is 3.06. The van der Waals surface area contributed by atoms with Gasteiger partial charge in [-0.3, -0.25) is 4.79 Å². The van der Waals surface area contributed by atoms with Gasteiger partial charge in [0.1, 0.15) is 0 Å². The first-order chi connectivity index (χ1) is 9.61. The molecule has 0 spiro atoms. The minimum Gasteiger partial charge on any atom is -0.479 e. The van der Waals surface area contributed by atoms with Crippen LogP contribution in [0.25, 0.3) is 10.9 Å². The highest BCUT2D eigenvalue weighted by molar-refractivity contribution is 6.00. The molecule has 0 aliphatic carbocycles. The second-order valence-electron chi connectivity index (χ2n) is 4.92. The van der Waals surface area contributed by atoms with Crippen LogP contribution in [0, 0.1) is 0 Å². The van der Waals surface area contributed by atoms with E-state index in [1.807, 2.05) is 12.1 Å².